The van der Waals surface area contributed by atoms with Crippen molar-refractivity contribution in [2.24, 2.45) is 10.8 Å². The molecule has 0 aliphatic carbocycles. The lowest BCUT2D eigenvalue weighted by molar-refractivity contribution is -0.165. The number of carbonyl (C=O) groups is 3. The van der Waals surface area contributed by atoms with Gasteiger partial charge in [0.15, 0.2) is 0 Å². The van der Waals surface area contributed by atoms with Crippen molar-refractivity contribution in [3.8, 4) is 0 Å². The van der Waals surface area contributed by atoms with Crippen LogP contribution in [0, 0.1) is 10.8 Å². The van der Waals surface area contributed by atoms with Crippen LogP contribution in [0.25, 0.3) is 0 Å². The molecule has 0 aromatic heterocycles. The van der Waals surface area contributed by atoms with Crippen LogP contribution in [0.3, 0.4) is 0 Å². The fourth-order valence-electron chi connectivity index (χ4n) is 3.69. The van der Waals surface area contributed by atoms with Crippen LogP contribution >= 0.6 is 0 Å². The highest BCUT2D eigenvalue weighted by Crippen LogP contribution is 2.23. The average molecular weight is 513 g/mol. The molecule has 0 unspecified atom stereocenters. The Bertz CT molecular complexity index is 596. The molecule has 0 bridgehead atoms. The first-order valence-electron chi connectivity index (χ1n) is 14.5. The Labute approximate surface area is 221 Å². The van der Waals surface area contributed by atoms with E-state index in [0.717, 1.165) is 32.1 Å². The van der Waals surface area contributed by atoms with Gasteiger partial charge in [0.25, 0.3) is 0 Å². The lowest BCUT2D eigenvalue weighted by atomic mass is 9.93. The van der Waals surface area contributed by atoms with Gasteiger partial charge in [-0.05, 0) is 26.7 Å². The molecule has 0 radical (unpaired) electrons. The van der Waals surface area contributed by atoms with E-state index >= 15 is 0 Å². The summed E-state index contributed by atoms with van der Waals surface area (Å²) in [7, 11) is 0. The van der Waals surface area contributed by atoms with Crippen molar-refractivity contribution >= 4 is 17.9 Å². The number of ether oxygens (including phenoxy) is 3. The zero-order chi connectivity index (χ0) is 27.3. The van der Waals surface area contributed by atoms with E-state index in [1.165, 1.54) is 57.8 Å². The van der Waals surface area contributed by atoms with Gasteiger partial charge in [0.2, 0.25) is 0 Å². The van der Waals surface area contributed by atoms with Gasteiger partial charge in [-0.1, -0.05) is 105 Å². The highest BCUT2D eigenvalue weighted by atomic mass is 16.6. The quantitative estimate of drug-likeness (QED) is 0.0785. The maximum Gasteiger partial charge on any atom is 0.315 e. The average Bonchev–Trinajstić information content (AvgIpc) is 2.84. The summed E-state index contributed by atoms with van der Waals surface area (Å²) in [4.78, 5) is 36.7. The molecule has 0 atom stereocenters. The molecule has 0 N–H and O–H groups in total. The van der Waals surface area contributed by atoms with Crippen molar-refractivity contribution < 1.29 is 28.6 Å². The monoisotopic (exact) mass is 512 g/mol. The molecule has 0 fully saturated rings. The fraction of sp³-hybridized carbons (Fsp3) is 0.900. The van der Waals surface area contributed by atoms with Gasteiger partial charge in [0.1, 0.15) is 6.61 Å². The minimum Gasteiger partial charge on any atom is -0.465 e. The summed E-state index contributed by atoms with van der Waals surface area (Å²) in [6, 6.07) is 0. The molecule has 0 aromatic rings. The highest BCUT2D eigenvalue weighted by Gasteiger charge is 2.33. The fourth-order valence-corrected chi connectivity index (χ4v) is 3.69. The van der Waals surface area contributed by atoms with Gasteiger partial charge in [-0.25, -0.2) is 0 Å². The third kappa shape index (κ3) is 19.6. The molecule has 6 heteroatoms. The number of unbranched alkanes of at least 4 members (excludes halogenated alkanes) is 12. The largest absolute Gasteiger partial charge is 0.465 e. The molecule has 6 nitrogen and oxygen atoms in total. The SMILES string of the molecule is CCCCCCCCCC(=O)OCC(C)(C)COC(=O)C(C)(C)COC(=O)CCCCCCCCC. The molecule has 0 amide bonds. The van der Waals surface area contributed by atoms with E-state index in [1.807, 2.05) is 13.8 Å². The normalized spacial score (nSPS) is 11.8. The molecule has 0 saturated heterocycles. The van der Waals surface area contributed by atoms with Crippen LogP contribution in [0.1, 0.15) is 144 Å². The standard InChI is InChI=1S/C30H56O6/c1-7-9-11-13-15-17-19-21-26(31)34-23-29(3,4)24-36-28(33)30(5,6)25-35-27(32)22-20-18-16-14-12-10-8-2/h7-25H2,1-6H3. The second kappa shape index (κ2) is 20.5. The summed E-state index contributed by atoms with van der Waals surface area (Å²) in [5.74, 6) is -0.887. The van der Waals surface area contributed by atoms with Gasteiger partial charge in [-0.3, -0.25) is 14.4 Å². The van der Waals surface area contributed by atoms with Crippen LogP contribution in [0.15, 0.2) is 0 Å². The predicted molar refractivity (Wildman–Crippen MR) is 146 cm³/mol. The third-order valence-corrected chi connectivity index (χ3v) is 6.33. The number of esters is 3. The van der Waals surface area contributed by atoms with E-state index < -0.39 is 16.8 Å². The second-order valence-corrected chi connectivity index (χ2v) is 11.7. The Morgan fingerprint density at radius 3 is 1.31 bits per heavy atom. The maximum absolute atomic E-state index is 12.6. The van der Waals surface area contributed by atoms with E-state index in [4.69, 9.17) is 14.2 Å². The molecule has 0 aromatic carbocycles. The molecular weight excluding hydrogens is 456 g/mol. The topological polar surface area (TPSA) is 78.9 Å². The van der Waals surface area contributed by atoms with Gasteiger partial charge < -0.3 is 14.2 Å². The number of rotatable bonds is 23. The zero-order valence-electron chi connectivity index (χ0n) is 24.4. The second-order valence-electron chi connectivity index (χ2n) is 11.7. The first-order chi connectivity index (χ1) is 17.0. The van der Waals surface area contributed by atoms with Crippen molar-refractivity contribution in [2.45, 2.75) is 144 Å². The number of hydrogen-bond donors (Lipinski definition) is 0. The van der Waals surface area contributed by atoms with Crippen molar-refractivity contribution in [1.29, 1.82) is 0 Å². The summed E-state index contributed by atoms with van der Waals surface area (Å²) in [5, 5.41) is 0. The van der Waals surface area contributed by atoms with Crippen molar-refractivity contribution in [3.63, 3.8) is 0 Å². The Morgan fingerprint density at radius 2 is 0.861 bits per heavy atom. The first-order valence-corrected chi connectivity index (χ1v) is 14.5. The summed E-state index contributed by atoms with van der Waals surface area (Å²) in [5.41, 5.74) is -1.42. The van der Waals surface area contributed by atoms with E-state index in [2.05, 4.69) is 13.8 Å². The van der Waals surface area contributed by atoms with Gasteiger partial charge in [0.05, 0.1) is 18.6 Å². The van der Waals surface area contributed by atoms with E-state index in [1.54, 1.807) is 13.8 Å². The summed E-state index contributed by atoms with van der Waals surface area (Å²) in [6.07, 6.45) is 16.9. The third-order valence-electron chi connectivity index (χ3n) is 6.33. The minimum atomic E-state index is -0.931. The molecule has 0 aliphatic rings. The van der Waals surface area contributed by atoms with Gasteiger partial charge in [-0.15, -0.1) is 0 Å². The summed E-state index contributed by atoms with van der Waals surface area (Å²) in [6.45, 7) is 12.0. The van der Waals surface area contributed by atoms with Crippen molar-refractivity contribution in [2.75, 3.05) is 19.8 Å². The van der Waals surface area contributed by atoms with E-state index in [-0.39, 0.29) is 31.8 Å². The molecule has 0 spiro atoms. The van der Waals surface area contributed by atoms with Crippen LogP contribution in [-0.2, 0) is 28.6 Å². The van der Waals surface area contributed by atoms with Crippen molar-refractivity contribution in [3.05, 3.63) is 0 Å². The minimum absolute atomic E-state index is 0.00493. The van der Waals surface area contributed by atoms with Gasteiger partial charge >= 0.3 is 17.9 Å². The van der Waals surface area contributed by atoms with E-state index in [0.29, 0.717) is 12.8 Å². The summed E-state index contributed by atoms with van der Waals surface area (Å²) < 4.78 is 16.3. The maximum atomic E-state index is 12.6. The van der Waals surface area contributed by atoms with Crippen LogP contribution in [0.2, 0.25) is 0 Å². The highest BCUT2D eigenvalue weighted by molar-refractivity contribution is 5.77. The van der Waals surface area contributed by atoms with Crippen LogP contribution in [0.4, 0.5) is 0 Å². The molecule has 0 saturated carbocycles. The number of carbonyl (C=O) groups excluding carboxylic acids is 3. The lowest BCUT2D eigenvalue weighted by Crippen LogP contribution is -2.36. The Balaban J connectivity index is 4.07. The zero-order valence-corrected chi connectivity index (χ0v) is 24.4. The number of hydrogen-bond acceptors (Lipinski definition) is 6. The first kappa shape index (κ1) is 34.4. The molecule has 0 rings (SSSR count). The Kier molecular flexibility index (Phi) is 19.6. The van der Waals surface area contributed by atoms with Crippen LogP contribution in [-0.4, -0.2) is 37.7 Å². The molecule has 0 heterocycles. The Hall–Kier alpha value is -1.59. The molecular formula is C30H56O6. The molecule has 212 valence electrons. The lowest BCUT2D eigenvalue weighted by Gasteiger charge is -2.27. The predicted octanol–water partition coefficient (Wildman–Crippen LogP) is 7.95. The molecule has 36 heavy (non-hydrogen) atoms. The Morgan fingerprint density at radius 1 is 0.500 bits per heavy atom. The van der Waals surface area contributed by atoms with Crippen LogP contribution in [0.5, 0.6) is 0 Å². The van der Waals surface area contributed by atoms with E-state index in [9.17, 15) is 14.4 Å². The van der Waals surface area contributed by atoms with Gasteiger partial charge in [-0.2, -0.15) is 0 Å². The molecule has 0 aliphatic heterocycles. The van der Waals surface area contributed by atoms with Crippen LogP contribution < -0.4 is 0 Å². The smallest absolute Gasteiger partial charge is 0.315 e. The van der Waals surface area contributed by atoms with Gasteiger partial charge in [0, 0.05) is 18.3 Å². The van der Waals surface area contributed by atoms with Crippen molar-refractivity contribution in [1.82, 2.24) is 0 Å². The summed E-state index contributed by atoms with van der Waals surface area (Å²) >= 11 is 0.